The van der Waals surface area contributed by atoms with Gasteiger partial charge in [-0.2, -0.15) is 0 Å². The van der Waals surface area contributed by atoms with Gasteiger partial charge < -0.3 is 28.9 Å². The second-order valence-corrected chi connectivity index (χ2v) is 6.49. The average Bonchev–Trinajstić information content (AvgIpc) is 3.11. The SMILES string of the molecule is COC(=O)c1cc2cc(C(O)Cc3cc4ccccc4o3)c(O)c(O)c2c(=O)o1. The predicted molar refractivity (Wildman–Crippen MR) is 102 cm³/mol. The molecule has 0 saturated carbocycles. The third-order valence-corrected chi connectivity index (χ3v) is 4.64. The van der Waals surface area contributed by atoms with E-state index in [0.29, 0.717) is 11.3 Å². The van der Waals surface area contributed by atoms with Gasteiger partial charge in [0.25, 0.3) is 0 Å². The second-order valence-electron chi connectivity index (χ2n) is 6.49. The number of furan rings is 1. The molecule has 0 aliphatic rings. The molecule has 0 aliphatic heterocycles. The molecule has 2 heterocycles. The van der Waals surface area contributed by atoms with Gasteiger partial charge in [0, 0.05) is 17.4 Å². The summed E-state index contributed by atoms with van der Waals surface area (Å²) in [6.07, 6.45) is -1.24. The van der Waals surface area contributed by atoms with E-state index in [1.807, 2.05) is 18.2 Å². The summed E-state index contributed by atoms with van der Waals surface area (Å²) in [5.41, 5.74) is -0.397. The molecule has 0 aliphatic carbocycles. The highest BCUT2D eigenvalue weighted by molar-refractivity contribution is 5.95. The maximum Gasteiger partial charge on any atom is 0.374 e. The molecule has 0 radical (unpaired) electrons. The Bertz CT molecular complexity index is 1260. The maximum absolute atomic E-state index is 12.1. The van der Waals surface area contributed by atoms with Gasteiger partial charge in [0.1, 0.15) is 16.7 Å². The Hall–Kier alpha value is -3.78. The van der Waals surface area contributed by atoms with Crippen LogP contribution in [0, 0.1) is 0 Å². The number of methoxy groups -OCH3 is 1. The van der Waals surface area contributed by atoms with Crippen LogP contribution < -0.4 is 5.63 Å². The topological polar surface area (TPSA) is 130 Å². The highest BCUT2D eigenvalue weighted by Gasteiger charge is 2.23. The third kappa shape index (κ3) is 3.19. The van der Waals surface area contributed by atoms with E-state index in [2.05, 4.69) is 4.74 Å². The fraction of sp³-hybridized carbons (Fsp3) is 0.143. The van der Waals surface area contributed by atoms with Gasteiger partial charge in [0.2, 0.25) is 5.76 Å². The van der Waals surface area contributed by atoms with Gasteiger partial charge in [-0.05, 0) is 29.7 Å². The number of esters is 1. The van der Waals surface area contributed by atoms with Crippen molar-refractivity contribution in [3.8, 4) is 11.5 Å². The van der Waals surface area contributed by atoms with Crippen molar-refractivity contribution in [3.63, 3.8) is 0 Å². The number of benzene rings is 2. The molecular formula is C21H16O8. The molecule has 1 atom stereocenters. The van der Waals surface area contributed by atoms with Crippen molar-refractivity contribution >= 4 is 27.7 Å². The van der Waals surface area contributed by atoms with E-state index in [1.165, 1.54) is 12.1 Å². The van der Waals surface area contributed by atoms with Crippen LogP contribution in [0.2, 0.25) is 0 Å². The molecule has 0 bridgehead atoms. The van der Waals surface area contributed by atoms with Gasteiger partial charge >= 0.3 is 11.6 Å². The first-order valence-corrected chi connectivity index (χ1v) is 8.65. The predicted octanol–water partition coefficient (Wildman–Crippen LogP) is 3.01. The molecule has 2 aromatic heterocycles. The van der Waals surface area contributed by atoms with Crippen molar-refractivity contribution in [2.75, 3.05) is 7.11 Å². The minimum absolute atomic E-state index is 0.0124. The Kier molecular flexibility index (Phi) is 4.48. The molecule has 2 aromatic carbocycles. The lowest BCUT2D eigenvalue weighted by molar-refractivity contribution is 0.0560. The summed E-state index contributed by atoms with van der Waals surface area (Å²) in [5, 5.41) is 31.9. The number of aliphatic hydroxyl groups excluding tert-OH is 1. The van der Waals surface area contributed by atoms with Crippen LogP contribution in [-0.4, -0.2) is 28.4 Å². The first-order valence-electron chi connectivity index (χ1n) is 8.65. The largest absolute Gasteiger partial charge is 0.504 e. The standard InChI is InChI=1S/C21H16O8/c1-27-20(25)16-8-11-7-13(18(23)19(24)17(11)21(26)29-16)14(22)9-12-6-10-4-2-3-5-15(10)28-12/h2-8,14,22-24H,9H2,1H3. The number of hydrogen-bond donors (Lipinski definition) is 3. The van der Waals surface area contributed by atoms with Crippen molar-refractivity contribution in [2.45, 2.75) is 12.5 Å². The van der Waals surface area contributed by atoms with Gasteiger partial charge in [0.15, 0.2) is 11.5 Å². The quantitative estimate of drug-likeness (QED) is 0.354. The van der Waals surface area contributed by atoms with Crippen LogP contribution >= 0.6 is 0 Å². The van der Waals surface area contributed by atoms with E-state index >= 15 is 0 Å². The number of phenolic OH excluding ortho intramolecular Hbond substituents is 2. The number of carbonyl (C=O) groups excluding carboxylic acids is 1. The molecule has 1 unspecified atom stereocenters. The molecule has 0 saturated heterocycles. The van der Waals surface area contributed by atoms with Gasteiger partial charge in [-0.3, -0.25) is 0 Å². The summed E-state index contributed by atoms with van der Waals surface area (Å²) in [5.74, 6) is -2.17. The number of rotatable bonds is 4. The molecule has 4 rings (SSSR count). The van der Waals surface area contributed by atoms with Crippen molar-refractivity contribution in [1.82, 2.24) is 0 Å². The summed E-state index contributed by atoms with van der Waals surface area (Å²) < 4.78 is 15.0. The summed E-state index contributed by atoms with van der Waals surface area (Å²) in [7, 11) is 1.13. The van der Waals surface area contributed by atoms with Crippen LogP contribution in [0.1, 0.15) is 28.0 Å². The Balaban J connectivity index is 1.78. The molecule has 8 heteroatoms. The zero-order valence-electron chi connectivity index (χ0n) is 15.2. The number of ether oxygens (including phenoxy) is 1. The van der Waals surface area contributed by atoms with E-state index in [4.69, 9.17) is 8.83 Å². The number of aliphatic hydroxyl groups is 1. The lowest BCUT2D eigenvalue weighted by Gasteiger charge is -2.14. The Morgan fingerprint density at radius 3 is 2.55 bits per heavy atom. The zero-order chi connectivity index (χ0) is 20.7. The van der Waals surface area contributed by atoms with Crippen LogP contribution in [0.25, 0.3) is 21.7 Å². The fourth-order valence-corrected chi connectivity index (χ4v) is 3.24. The lowest BCUT2D eigenvalue weighted by atomic mass is 9.99. The third-order valence-electron chi connectivity index (χ3n) is 4.64. The first-order chi connectivity index (χ1) is 13.9. The minimum Gasteiger partial charge on any atom is -0.504 e. The van der Waals surface area contributed by atoms with E-state index in [0.717, 1.165) is 12.5 Å². The molecule has 8 nitrogen and oxygen atoms in total. The summed E-state index contributed by atoms with van der Waals surface area (Å²) in [6.45, 7) is 0. The van der Waals surface area contributed by atoms with Crippen molar-refractivity contribution in [1.29, 1.82) is 0 Å². The lowest BCUT2D eigenvalue weighted by Crippen LogP contribution is -2.09. The van der Waals surface area contributed by atoms with Crippen LogP contribution in [0.3, 0.4) is 0 Å². The molecule has 0 fully saturated rings. The van der Waals surface area contributed by atoms with E-state index in [9.17, 15) is 24.9 Å². The number of para-hydroxylation sites is 1. The molecular weight excluding hydrogens is 380 g/mol. The van der Waals surface area contributed by atoms with Gasteiger partial charge in [0.05, 0.1) is 13.2 Å². The molecule has 29 heavy (non-hydrogen) atoms. The Morgan fingerprint density at radius 2 is 1.83 bits per heavy atom. The summed E-state index contributed by atoms with van der Waals surface area (Å²) in [4.78, 5) is 23.8. The number of carbonyl (C=O) groups is 1. The maximum atomic E-state index is 12.1. The van der Waals surface area contributed by atoms with Gasteiger partial charge in [-0.15, -0.1) is 0 Å². The number of hydrogen-bond acceptors (Lipinski definition) is 8. The highest BCUT2D eigenvalue weighted by atomic mass is 16.5. The Morgan fingerprint density at radius 1 is 1.07 bits per heavy atom. The first kappa shape index (κ1) is 18.6. The second kappa shape index (κ2) is 6.99. The van der Waals surface area contributed by atoms with E-state index in [-0.39, 0.29) is 28.5 Å². The van der Waals surface area contributed by atoms with Gasteiger partial charge in [-0.1, -0.05) is 18.2 Å². The number of fused-ring (bicyclic) bond motifs is 2. The summed E-state index contributed by atoms with van der Waals surface area (Å²) >= 11 is 0. The fourth-order valence-electron chi connectivity index (χ4n) is 3.24. The van der Waals surface area contributed by atoms with Gasteiger partial charge in [-0.25, -0.2) is 9.59 Å². The van der Waals surface area contributed by atoms with Crippen molar-refractivity contribution < 1.29 is 33.7 Å². The molecule has 148 valence electrons. The number of aromatic hydroxyl groups is 2. The summed E-state index contributed by atoms with van der Waals surface area (Å²) in [6, 6.07) is 11.6. The van der Waals surface area contributed by atoms with E-state index in [1.54, 1.807) is 12.1 Å². The monoisotopic (exact) mass is 396 g/mol. The zero-order valence-corrected chi connectivity index (χ0v) is 15.2. The van der Waals surface area contributed by atoms with Crippen LogP contribution in [0.15, 0.2) is 56.1 Å². The minimum atomic E-state index is -1.25. The molecule has 3 N–H and O–H groups in total. The molecule has 0 amide bonds. The normalized spacial score (nSPS) is 12.3. The smallest absolute Gasteiger partial charge is 0.374 e. The van der Waals surface area contributed by atoms with E-state index < -0.39 is 29.2 Å². The van der Waals surface area contributed by atoms with Crippen LogP contribution in [-0.2, 0) is 11.2 Å². The van der Waals surface area contributed by atoms with Crippen LogP contribution in [0.4, 0.5) is 0 Å². The van der Waals surface area contributed by atoms with Crippen LogP contribution in [0.5, 0.6) is 11.5 Å². The highest BCUT2D eigenvalue weighted by Crippen LogP contribution is 2.40. The average molecular weight is 396 g/mol. The Labute approximate surface area is 163 Å². The number of phenols is 2. The molecule has 4 aromatic rings. The van der Waals surface area contributed by atoms with Crippen molar-refractivity contribution in [3.05, 3.63) is 70.0 Å². The molecule has 0 spiro atoms. The van der Waals surface area contributed by atoms with Crippen molar-refractivity contribution in [2.24, 2.45) is 0 Å².